The Morgan fingerprint density at radius 3 is 2.76 bits per heavy atom. The van der Waals surface area contributed by atoms with Crippen molar-refractivity contribution < 1.29 is 23.6 Å². The molecular formula is C25H29N3O5S. The number of ether oxygens (including phenoxy) is 2. The number of Topliss-reactive ketones (excluding diaryl/α,β-unsaturated/α-hetero) is 1. The maximum Gasteiger partial charge on any atom is 0.341 e. The molecule has 34 heavy (non-hydrogen) atoms. The Balaban J connectivity index is 1.40. The smallest absolute Gasteiger partial charge is 0.341 e. The maximum atomic E-state index is 12.9. The van der Waals surface area contributed by atoms with E-state index in [4.69, 9.17) is 14.0 Å². The highest BCUT2D eigenvalue weighted by molar-refractivity contribution is 7.98. The molecule has 1 unspecified atom stereocenters. The summed E-state index contributed by atoms with van der Waals surface area (Å²) in [7, 11) is 0. The summed E-state index contributed by atoms with van der Waals surface area (Å²) in [5.41, 5.74) is 4.55. The molecule has 4 heterocycles. The predicted molar refractivity (Wildman–Crippen MR) is 127 cm³/mol. The molecule has 1 saturated heterocycles. The number of pyridine rings is 1. The molecule has 4 rings (SSSR count). The molecular weight excluding hydrogens is 454 g/mol. The molecule has 1 atom stereocenters. The third-order valence-corrected chi connectivity index (χ3v) is 7.18. The van der Waals surface area contributed by atoms with Crippen LogP contribution in [0.25, 0.3) is 0 Å². The molecule has 0 N–H and O–H groups in total. The zero-order valence-corrected chi connectivity index (χ0v) is 20.7. The number of ketones is 1. The van der Waals surface area contributed by atoms with Gasteiger partial charge >= 0.3 is 5.97 Å². The second-order valence-corrected chi connectivity index (χ2v) is 9.44. The molecule has 1 fully saturated rings. The van der Waals surface area contributed by atoms with E-state index in [2.05, 4.69) is 14.7 Å². The van der Waals surface area contributed by atoms with Crippen molar-refractivity contribution in [3.05, 3.63) is 63.9 Å². The number of hydrogen-bond donors (Lipinski definition) is 0. The number of esters is 1. The highest BCUT2D eigenvalue weighted by Gasteiger charge is 2.23. The van der Waals surface area contributed by atoms with Gasteiger partial charge in [0.1, 0.15) is 10.8 Å². The summed E-state index contributed by atoms with van der Waals surface area (Å²) in [6.07, 6.45) is 3.90. The first kappa shape index (κ1) is 24.2. The lowest BCUT2D eigenvalue weighted by Crippen LogP contribution is -2.18. The van der Waals surface area contributed by atoms with Gasteiger partial charge in [0, 0.05) is 47.6 Å². The molecule has 0 saturated carbocycles. The van der Waals surface area contributed by atoms with E-state index < -0.39 is 5.97 Å². The zero-order chi connectivity index (χ0) is 24.2. The standard InChI is InChI=1S/C25H29N3O5S/c1-15-11-21(17(3)28(15)12-19-7-6-10-31-19)23(29)13-32-25(30)20-8-5-9-26-24(20)34-14-22-16(2)27-33-18(22)4/h5,8-9,11,19H,6-7,10,12-14H2,1-4H3. The molecule has 8 nitrogen and oxygen atoms in total. The van der Waals surface area contributed by atoms with E-state index in [0.29, 0.717) is 21.9 Å². The first-order valence-corrected chi connectivity index (χ1v) is 12.3. The Hall–Kier alpha value is -2.91. The summed E-state index contributed by atoms with van der Waals surface area (Å²) < 4.78 is 18.5. The average Bonchev–Trinajstić information content (AvgIpc) is 3.53. The van der Waals surface area contributed by atoms with Crippen molar-refractivity contribution in [3.63, 3.8) is 0 Å². The number of hydrogen-bond acceptors (Lipinski definition) is 8. The quantitative estimate of drug-likeness (QED) is 0.247. The van der Waals surface area contributed by atoms with Gasteiger partial charge < -0.3 is 18.6 Å². The Morgan fingerprint density at radius 1 is 1.24 bits per heavy atom. The van der Waals surface area contributed by atoms with Gasteiger partial charge in [0.15, 0.2) is 6.61 Å². The molecule has 3 aromatic heterocycles. The molecule has 0 aromatic carbocycles. The molecule has 1 aliphatic rings. The van der Waals surface area contributed by atoms with Crippen molar-refractivity contribution in [3.8, 4) is 0 Å². The molecule has 0 bridgehead atoms. The minimum Gasteiger partial charge on any atom is -0.454 e. The zero-order valence-electron chi connectivity index (χ0n) is 19.9. The van der Waals surface area contributed by atoms with Crippen molar-refractivity contribution in [2.45, 2.75) is 64.0 Å². The van der Waals surface area contributed by atoms with E-state index in [1.165, 1.54) is 11.8 Å². The molecule has 180 valence electrons. The number of carbonyl (C=O) groups is 2. The normalized spacial score (nSPS) is 15.6. The van der Waals surface area contributed by atoms with Gasteiger partial charge in [0.25, 0.3) is 0 Å². The lowest BCUT2D eigenvalue weighted by Gasteiger charge is -2.14. The van der Waals surface area contributed by atoms with Crippen LogP contribution in [0.15, 0.2) is 33.9 Å². The number of rotatable bonds is 9. The van der Waals surface area contributed by atoms with E-state index in [1.54, 1.807) is 18.3 Å². The third kappa shape index (κ3) is 5.26. The summed E-state index contributed by atoms with van der Waals surface area (Å²) in [4.78, 5) is 30.0. The fourth-order valence-corrected chi connectivity index (χ4v) is 5.29. The van der Waals surface area contributed by atoms with E-state index in [0.717, 1.165) is 54.4 Å². The molecule has 0 spiro atoms. The van der Waals surface area contributed by atoms with Crippen LogP contribution in [0, 0.1) is 27.7 Å². The van der Waals surface area contributed by atoms with Crippen LogP contribution in [0.5, 0.6) is 0 Å². The maximum absolute atomic E-state index is 12.9. The summed E-state index contributed by atoms with van der Waals surface area (Å²) in [6.45, 7) is 8.82. The number of thioether (sulfide) groups is 1. The molecule has 0 radical (unpaired) electrons. The summed E-state index contributed by atoms with van der Waals surface area (Å²) in [6, 6.07) is 5.19. The van der Waals surface area contributed by atoms with Crippen molar-refractivity contribution in [1.82, 2.24) is 14.7 Å². The van der Waals surface area contributed by atoms with Crippen molar-refractivity contribution >= 4 is 23.5 Å². The van der Waals surface area contributed by atoms with Crippen molar-refractivity contribution in [1.29, 1.82) is 0 Å². The van der Waals surface area contributed by atoms with Crippen LogP contribution in [0.3, 0.4) is 0 Å². The van der Waals surface area contributed by atoms with Gasteiger partial charge in [0.05, 0.1) is 17.4 Å². The van der Waals surface area contributed by atoms with Crippen LogP contribution in [0.2, 0.25) is 0 Å². The Labute approximate surface area is 203 Å². The average molecular weight is 484 g/mol. The minimum atomic E-state index is -0.573. The van der Waals surface area contributed by atoms with Crippen LogP contribution in [-0.4, -0.2) is 45.8 Å². The topological polar surface area (TPSA) is 96.5 Å². The van der Waals surface area contributed by atoms with Crippen molar-refractivity contribution in [2.75, 3.05) is 13.2 Å². The molecule has 3 aromatic rings. The van der Waals surface area contributed by atoms with Crippen molar-refractivity contribution in [2.24, 2.45) is 0 Å². The predicted octanol–water partition coefficient (Wildman–Crippen LogP) is 4.62. The Morgan fingerprint density at radius 2 is 2.06 bits per heavy atom. The molecule has 0 amide bonds. The van der Waals surface area contributed by atoms with Crippen LogP contribution < -0.4 is 0 Å². The second-order valence-electron chi connectivity index (χ2n) is 8.48. The highest BCUT2D eigenvalue weighted by Crippen LogP contribution is 2.28. The second kappa shape index (κ2) is 10.6. The van der Waals surface area contributed by atoms with Crippen LogP contribution in [0.4, 0.5) is 0 Å². The fourth-order valence-electron chi connectivity index (χ4n) is 4.15. The van der Waals surface area contributed by atoms with E-state index in [-0.39, 0.29) is 18.5 Å². The van der Waals surface area contributed by atoms with Gasteiger partial charge in [-0.15, -0.1) is 11.8 Å². The van der Waals surface area contributed by atoms with Gasteiger partial charge in [-0.05, 0) is 58.7 Å². The van der Waals surface area contributed by atoms with Gasteiger partial charge in [-0.25, -0.2) is 9.78 Å². The third-order valence-electron chi connectivity index (χ3n) is 6.14. The van der Waals surface area contributed by atoms with Gasteiger partial charge in [-0.1, -0.05) is 5.16 Å². The van der Waals surface area contributed by atoms with E-state index in [9.17, 15) is 9.59 Å². The largest absolute Gasteiger partial charge is 0.454 e. The lowest BCUT2D eigenvalue weighted by atomic mass is 10.1. The molecule has 1 aliphatic heterocycles. The van der Waals surface area contributed by atoms with E-state index in [1.807, 2.05) is 33.8 Å². The number of aromatic nitrogens is 3. The van der Waals surface area contributed by atoms with Crippen LogP contribution in [-0.2, 0) is 21.8 Å². The van der Waals surface area contributed by atoms with Crippen LogP contribution >= 0.6 is 11.8 Å². The first-order valence-electron chi connectivity index (χ1n) is 11.3. The Kier molecular flexibility index (Phi) is 7.53. The monoisotopic (exact) mass is 483 g/mol. The molecule has 0 aliphatic carbocycles. The molecule has 9 heteroatoms. The Bertz CT molecular complexity index is 1170. The van der Waals surface area contributed by atoms with Crippen LogP contribution in [0.1, 0.15) is 62.0 Å². The number of nitrogens with zero attached hydrogens (tertiary/aromatic N) is 3. The lowest BCUT2D eigenvalue weighted by molar-refractivity contribution is 0.0470. The summed E-state index contributed by atoms with van der Waals surface area (Å²) >= 11 is 1.40. The summed E-state index contributed by atoms with van der Waals surface area (Å²) in [5.74, 6) is 0.506. The fraction of sp³-hybridized carbons (Fsp3) is 0.440. The summed E-state index contributed by atoms with van der Waals surface area (Å²) in [5, 5.41) is 4.50. The number of carbonyl (C=O) groups excluding carboxylic acids is 2. The number of aryl methyl sites for hydroxylation is 3. The SMILES string of the molecule is Cc1noc(C)c1CSc1ncccc1C(=O)OCC(=O)c1cc(C)n(CC2CCCO2)c1C. The highest BCUT2D eigenvalue weighted by atomic mass is 32.2. The minimum absolute atomic E-state index is 0.178. The van der Waals surface area contributed by atoms with Gasteiger partial charge in [0.2, 0.25) is 5.78 Å². The first-order chi connectivity index (χ1) is 16.3. The van der Waals surface area contributed by atoms with E-state index >= 15 is 0 Å². The van der Waals surface area contributed by atoms with Gasteiger partial charge in [-0.3, -0.25) is 4.79 Å². The van der Waals surface area contributed by atoms with Gasteiger partial charge in [-0.2, -0.15) is 0 Å².